The van der Waals surface area contributed by atoms with Gasteiger partial charge in [0.15, 0.2) is 17.3 Å². The molecule has 0 spiro atoms. The van der Waals surface area contributed by atoms with Crippen LogP contribution in [0.2, 0.25) is 0 Å². The predicted molar refractivity (Wildman–Crippen MR) is 85.6 cm³/mol. The van der Waals surface area contributed by atoms with E-state index in [1.807, 2.05) is 43.3 Å². The zero-order valence-electron chi connectivity index (χ0n) is 12.7. The number of pyridine rings is 1. The van der Waals surface area contributed by atoms with Gasteiger partial charge in [-0.15, -0.1) is 0 Å². The van der Waals surface area contributed by atoms with Gasteiger partial charge in [0.1, 0.15) is 11.6 Å². The molecule has 1 aromatic carbocycles. The molecule has 0 saturated carbocycles. The SMILES string of the molecule is C[C@@H](NC(=O)Nc1ncc2c(C#N)n[nH]c2c1F)c1ccccc1. The van der Waals surface area contributed by atoms with Crippen LogP contribution in [0.4, 0.5) is 15.0 Å². The first-order valence-corrected chi connectivity index (χ1v) is 7.15. The minimum absolute atomic E-state index is 0.0213. The van der Waals surface area contributed by atoms with Crippen molar-refractivity contribution in [1.29, 1.82) is 5.26 Å². The molecule has 1 atom stereocenters. The van der Waals surface area contributed by atoms with E-state index in [0.29, 0.717) is 0 Å². The molecule has 0 radical (unpaired) electrons. The molecule has 0 aliphatic carbocycles. The monoisotopic (exact) mass is 324 g/mol. The topological polar surface area (TPSA) is 106 Å². The lowest BCUT2D eigenvalue weighted by Gasteiger charge is -2.15. The van der Waals surface area contributed by atoms with Crippen molar-refractivity contribution in [2.75, 3.05) is 5.32 Å². The van der Waals surface area contributed by atoms with E-state index in [0.717, 1.165) is 5.56 Å². The Morgan fingerprint density at radius 3 is 2.83 bits per heavy atom. The van der Waals surface area contributed by atoms with Crippen LogP contribution in [0.15, 0.2) is 36.5 Å². The highest BCUT2D eigenvalue weighted by atomic mass is 19.1. The first kappa shape index (κ1) is 15.4. The molecule has 2 aromatic heterocycles. The van der Waals surface area contributed by atoms with Crippen molar-refractivity contribution >= 4 is 22.8 Å². The van der Waals surface area contributed by atoms with Crippen LogP contribution in [-0.4, -0.2) is 21.2 Å². The van der Waals surface area contributed by atoms with E-state index >= 15 is 0 Å². The number of hydrogen-bond acceptors (Lipinski definition) is 4. The van der Waals surface area contributed by atoms with E-state index < -0.39 is 11.8 Å². The van der Waals surface area contributed by atoms with Gasteiger partial charge in [-0.2, -0.15) is 10.4 Å². The third kappa shape index (κ3) is 2.87. The molecule has 0 aliphatic heterocycles. The summed E-state index contributed by atoms with van der Waals surface area (Å²) in [6.07, 6.45) is 1.29. The minimum Gasteiger partial charge on any atom is -0.331 e. The number of nitrogens with one attached hydrogen (secondary N) is 3. The van der Waals surface area contributed by atoms with Gasteiger partial charge in [-0.05, 0) is 12.5 Å². The van der Waals surface area contributed by atoms with Gasteiger partial charge in [0, 0.05) is 6.20 Å². The molecule has 0 unspecified atom stereocenters. The van der Waals surface area contributed by atoms with Crippen molar-refractivity contribution in [2.45, 2.75) is 13.0 Å². The molecule has 2 amide bonds. The lowest BCUT2D eigenvalue weighted by atomic mass is 10.1. The number of carbonyl (C=O) groups excluding carboxylic acids is 1. The molecule has 0 saturated heterocycles. The highest BCUT2D eigenvalue weighted by Gasteiger charge is 2.17. The number of H-pyrrole nitrogens is 1. The molecule has 2 heterocycles. The lowest BCUT2D eigenvalue weighted by molar-refractivity contribution is 0.249. The van der Waals surface area contributed by atoms with Gasteiger partial charge in [-0.1, -0.05) is 30.3 Å². The molecule has 3 aromatic rings. The van der Waals surface area contributed by atoms with Gasteiger partial charge < -0.3 is 5.32 Å². The van der Waals surface area contributed by atoms with Crippen LogP contribution in [-0.2, 0) is 0 Å². The largest absolute Gasteiger partial charge is 0.331 e. The first-order valence-electron chi connectivity index (χ1n) is 7.15. The van der Waals surface area contributed by atoms with Crippen LogP contribution in [0.5, 0.6) is 0 Å². The summed E-state index contributed by atoms with van der Waals surface area (Å²) in [5, 5.41) is 20.3. The maximum absolute atomic E-state index is 14.4. The molecular formula is C16H13FN6O. The van der Waals surface area contributed by atoms with Gasteiger partial charge in [-0.25, -0.2) is 14.2 Å². The van der Waals surface area contributed by atoms with Crippen LogP contribution in [0, 0.1) is 17.1 Å². The summed E-state index contributed by atoms with van der Waals surface area (Å²) in [6.45, 7) is 1.82. The molecule has 3 N–H and O–H groups in total. The van der Waals surface area contributed by atoms with Crippen molar-refractivity contribution in [3.63, 3.8) is 0 Å². The Morgan fingerprint density at radius 2 is 2.12 bits per heavy atom. The number of urea groups is 1. The molecule has 120 valence electrons. The summed E-state index contributed by atoms with van der Waals surface area (Å²) in [5.74, 6) is -1.02. The van der Waals surface area contributed by atoms with Gasteiger partial charge in [-0.3, -0.25) is 10.4 Å². The van der Waals surface area contributed by atoms with Crippen LogP contribution in [0.3, 0.4) is 0 Å². The van der Waals surface area contributed by atoms with Crippen molar-refractivity contribution in [3.8, 4) is 6.07 Å². The van der Waals surface area contributed by atoms with Gasteiger partial charge >= 0.3 is 6.03 Å². The Kier molecular flexibility index (Phi) is 4.07. The average Bonchev–Trinajstić information content (AvgIpc) is 3.02. The van der Waals surface area contributed by atoms with Crippen molar-refractivity contribution in [1.82, 2.24) is 20.5 Å². The third-order valence-corrected chi connectivity index (χ3v) is 3.54. The number of hydrogen-bond donors (Lipinski definition) is 3. The summed E-state index contributed by atoms with van der Waals surface area (Å²) in [4.78, 5) is 15.9. The standard InChI is InChI=1S/C16H13FN6O/c1-9(10-5-3-2-4-6-10)20-16(24)21-15-13(17)14-11(8-19-15)12(7-18)22-23-14/h2-6,8-9H,1H3,(H,22,23)(H2,19,20,21,24)/t9-/m1/s1. The number of aromatic amines is 1. The fraction of sp³-hybridized carbons (Fsp3) is 0.125. The van der Waals surface area contributed by atoms with Crippen molar-refractivity contribution < 1.29 is 9.18 Å². The van der Waals surface area contributed by atoms with Crippen molar-refractivity contribution in [2.24, 2.45) is 0 Å². The van der Waals surface area contributed by atoms with Gasteiger partial charge in [0.2, 0.25) is 0 Å². The highest BCUT2D eigenvalue weighted by Crippen LogP contribution is 2.22. The number of nitrogens with zero attached hydrogens (tertiary/aromatic N) is 3. The van der Waals surface area contributed by atoms with Gasteiger partial charge in [0.25, 0.3) is 0 Å². The number of amides is 2. The Labute approximate surface area is 136 Å². The Bertz CT molecular complexity index is 931. The lowest BCUT2D eigenvalue weighted by Crippen LogP contribution is -2.31. The number of anilines is 1. The van der Waals surface area contributed by atoms with E-state index in [4.69, 9.17) is 5.26 Å². The number of carbonyl (C=O) groups is 1. The Balaban J connectivity index is 1.76. The van der Waals surface area contributed by atoms with E-state index in [1.165, 1.54) is 6.20 Å². The molecule has 8 heteroatoms. The second-order valence-electron chi connectivity index (χ2n) is 5.12. The molecule has 0 bridgehead atoms. The number of halogens is 1. The Hall–Kier alpha value is -3.47. The summed E-state index contributed by atoms with van der Waals surface area (Å²) in [5.41, 5.74) is 0.988. The molecular weight excluding hydrogens is 311 g/mol. The maximum Gasteiger partial charge on any atom is 0.320 e. The third-order valence-electron chi connectivity index (χ3n) is 3.54. The van der Waals surface area contributed by atoms with E-state index in [9.17, 15) is 9.18 Å². The first-order chi connectivity index (χ1) is 11.6. The van der Waals surface area contributed by atoms with Crippen LogP contribution in [0.1, 0.15) is 24.2 Å². The predicted octanol–water partition coefficient (Wildman–Crippen LogP) is 2.85. The molecule has 24 heavy (non-hydrogen) atoms. The summed E-state index contributed by atoms with van der Waals surface area (Å²) < 4.78 is 14.4. The molecule has 7 nitrogen and oxygen atoms in total. The Morgan fingerprint density at radius 1 is 1.38 bits per heavy atom. The quantitative estimate of drug-likeness (QED) is 0.688. The fourth-order valence-electron chi connectivity index (χ4n) is 2.29. The highest BCUT2D eigenvalue weighted by molar-refractivity contribution is 5.92. The molecule has 0 aliphatic rings. The summed E-state index contributed by atoms with van der Waals surface area (Å²) in [6, 6.07) is 10.4. The van der Waals surface area contributed by atoms with Crippen LogP contribution >= 0.6 is 0 Å². The number of fused-ring (bicyclic) bond motifs is 1. The van der Waals surface area contributed by atoms with Crippen LogP contribution < -0.4 is 10.6 Å². The number of nitriles is 1. The normalized spacial score (nSPS) is 11.7. The van der Waals surface area contributed by atoms with Crippen molar-refractivity contribution in [3.05, 3.63) is 53.6 Å². The summed E-state index contributed by atoms with van der Waals surface area (Å²) in [7, 11) is 0. The smallest absolute Gasteiger partial charge is 0.320 e. The minimum atomic E-state index is -0.774. The molecule has 0 fully saturated rings. The maximum atomic E-state index is 14.4. The summed E-state index contributed by atoms with van der Waals surface area (Å²) >= 11 is 0. The van der Waals surface area contributed by atoms with E-state index in [-0.39, 0.29) is 28.5 Å². The second-order valence-corrected chi connectivity index (χ2v) is 5.12. The number of aromatic nitrogens is 3. The fourth-order valence-corrected chi connectivity index (χ4v) is 2.29. The number of benzene rings is 1. The second kappa shape index (κ2) is 6.34. The van der Waals surface area contributed by atoms with E-state index in [2.05, 4.69) is 25.8 Å². The zero-order valence-corrected chi connectivity index (χ0v) is 12.7. The zero-order chi connectivity index (χ0) is 17.1. The van der Waals surface area contributed by atoms with E-state index in [1.54, 1.807) is 0 Å². The van der Waals surface area contributed by atoms with Crippen LogP contribution in [0.25, 0.3) is 10.9 Å². The number of rotatable bonds is 3. The van der Waals surface area contributed by atoms with Gasteiger partial charge in [0.05, 0.1) is 11.4 Å². The molecule has 3 rings (SSSR count). The average molecular weight is 324 g/mol.